The molecular weight excluding hydrogens is 571 g/mol. The smallest absolute Gasteiger partial charge is 0.324 e. The van der Waals surface area contributed by atoms with Crippen molar-refractivity contribution in [2.75, 3.05) is 44.6 Å². The van der Waals surface area contributed by atoms with Gasteiger partial charge in [-0.2, -0.15) is 0 Å². The van der Waals surface area contributed by atoms with E-state index < -0.39 is 6.04 Å². The molecule has 1 aliphatic heterocycles. The number of hydrogen-bond donors (Lipinski definition) is 1. The molecule has 0 spiro atoms. The van der Waals surface area contributed by atoms with Crippen LogP contribution in [0.25, 0.3) is 0 Å². The Hall–Kier alpha value is -3.04. The van der Waals surface area contributed by atoms with E-state index in [9.17, 15) is 18.4 Å². The molecule has 41 heavy (non-hydrogen) atoms. The quantitative estimate of drug-likeness (QED) is 0.258. The lowest BCUT2D eigenvalue weighted by Crippen LogP contribution is -2.58. The van der Waals surface area contributed by atoms with Crippen molar-refractivity contribution in [1.82, 2.24) is 9.80 Å². The summed E-state index contributed by atoms with van der Waals surface area (Å²) in [6.45, 7) is 4.20. The molecule has 1 fully saturated rings. The van der Waals surface area contributed by atoms with Gasteiger partial charge in [-0.05, 0) is 73.8 Å². The van der Waals surface area contributed by atoms with Crippen molar-refractivity contribution < 1.29 is 23.1 Å². The molecule has 0 saturated carbocycles. The van der Waals surface area contributed by atoms with Crippen molar-refractivity contribution in [2.45, 2.75) is 31.7 Å². The molecule has 0 aliphatic carbocycles. The number of halogens is 4. The maximum absolute atomic E-state index is 13.6. The monoisotopic (exact) mass is 603 g/mol. The minimum atomic E-state index is -0.532. The summed E-state index contributed by atoms with van der Waals surface area (Å²) in [6.07, 6.45) is 1.45. The number of benzene rings is 3. The van der Waals surface area contributed by atoms with Crippen LogP contribution in [0.15, 0.2) is 66.7 Å². The van der Waals surface area contributed by atoms with Crippen molar-refractivity contribution in [3.05, 3.63) is 99.5 Å². The molecule has 3 aromatic carbocycles. The summed E-state index contributed by atoms with van der Waals surface area (Å²) in [5, 5.41) is 3.46. The number of hydrogen-bond acceptors (Lipinski definition) is 5. The van der Waals surface area contributed by atoms with Gasteiger partial charge in [-0.3, -0.25) is 19.4 Å². The third-order valence-corrected chi connectivity index (χ3v) is 7.84. The number of nitrogens with zero attached hydrogens (tertiary/aromatic N) is 2. The Kier molecular flexibility index (Phi) is 11.1. The first kappa shape index (κ1) is 30.9. The number of carbonyl (C=O) groups excluding carboxylic acids is 2. The summed E-state index contributed by atoms with van der Waals surface area (Å²) < 4.78 is 32.6. The topological polar surface area (TPSA) is 61.9 Å². The zero-order valence-electron chi connectivity index (χ0n) is 22.8. The first-order valence-corrected chi connectivity index (χ1v) is 14.4. The van der Waals surface area contributed by atoms with E-state index in [0.29, 0.717) is 48.3 Å². The molecule has 0 bridgehead atoms. The molecule has 1 amide bonds. The van der Waals surface area contributed by atoms with Crippen LogP contribution in [0.3, 0.4) is 0 Å². The van der Waals surface area contributed by atoms with E-state index in [1.165, 1.54) is 24.3 Å². The van der Waals surface area contributed by atoms with Crippen LogP contribution in [0.2, 0.25) is 10.0 Å². The van der Waals surface area contributed by atoms with E-state index >= 15 is 0 Å². The summed E-state index contributed by atoms with van der Waals surface area (Å²) in [6, 6.07) is 17.2. The minimum Gasteiger partial charge on any atom is -0.465 e. The Bertz CT molecular complexity index is 1260. The van der Waals surface area contributed by atoms with E-state index in [4.69, 9.17) is 27.9 Å². The van der Waals surface area contributed by atoms with Gasteiger partial charge in [0.1, 0.15) is 17.7 Å². The van der Waals surface area contributed by atoms with E-state index in [1.807, 2.05) is 4.90 Å². The van der Waals surface area contributed by atoms with Crippen LogP contribution in [0.1, 0.15) is 36.8 Å². The Labute approximate surface area is 249 Å². The van der Waals surface area contributed by atoms with Crippen molar-refractivity contribution in [2.24, 2.45) is 0 Å². The van der Waals surface area contributed by atoms with E-state index in [1.54, 1.807) is 49.4 Å². The fourth-order valence-electron chi connectivity index (χ4n) is 5.16. The summed E-state index contributed by atoms with van der Waals surface area (Å²) in [5.74, 6) is -1.30. The minimum absolute atomic E-state index is 0.0566. The predicted octanol–water partition coefficient (Wildman–Crippen LogP) is 6.37. The van der Waals surface area contributed by atoms with Crippen LogP contribution in [-0.2, 0) is 14.3 Å². The first-order chi connectivity index (χ1) is 19.7. The molecule has 1 aliphatic rings. The molecule has 1 N–H and O–H groups in total. The maximum Gasteiger partial charge on any atom is 0.324 e. The molecule has 1 saturated heterocycles. The van der Waals surface area contributed by atoms with Crippen LogP contribution in [-0.4, -0.2) is 67.0 Å². The first-order valence-electron chi connectivity index (χ1n) is 13.6. The SMILES string of the molecule is CCOC(=O)C1CN(CC(=O)Nc2c(Cl)cccc2Cl)CCN1CCCC(c1ccc(F)cc1)c1ccc(F)cc1. The molecule has 0 aromatic heterocycles. The largest absolute Gasteiger partial charge is 0.465 e. The lowest BCUT2D eigenvalue weighted by Gasteiger charge is -2.40. The number of anilines is 1. The molecule has 4 rings (SSSR count). The number of carbonyl (C=O) groups is 2. The van der Waals surface area contributed by atoms with Crippen LogP contribution >= 0.6 is 23.2 Å². The fraction of sp³-hybridized carbons (Fsp3) is 0.355. The number of rotatable bonds is 11. The van der Waals surface area contributed by atoms with Gasteiger partial charge in [-0.15, -0.1) is 0 Å². The second-order valence-corrected chi connectivity index (χ2v) is 10.8. The van der Waals surface area contributed by atoms with Gasteiger partial charge < -0.3 is 10.1 Å². The number of piperazine rings is 1. The fourth-order valence-corrected chi connectivity index (χ4v) is 5.66. The number of esters is 1. The molecule has 1 atom stereocenters. The average Bonchev–Trinajstić information content (AvgIpc) is 2.95. The van der Waals surface area contributed by atoms with Crippen LogP contribution in [0.5, 0.6) is 0 Å². The molecular formula is C31H33Cl2F2N3O3. The number of amides is 1. The van der Waals surface area contributed by atoms with E-state index in [2.05, 4.69) is 10.2 Å². The van der Waals surface area contributed by atoms with Gasteiger partial charge in [0.15, 0.2) is 0 Å². The zero-order chi connectivity index (χ0) is 29.4. The maximum atomic E-state index is 13.6. The second-order valence-electron chi connectivity index (χ2n) is 9.98. The van der Waals surface area contributed by atoms with Gasteiger partial charge in [-0.25, -0.2) is 8.78 Å². The highest BCUT2D eigenvalue weighted by Gasteiger charge is 2.34. The normalized spacial score (nSPS) is 16.1. The van der Waals surface area contributed by atoms with Crippen LogP contribution < -0.4 is 5.32 Å². The Balaban J connectivity index is 1.40. The highest BCUT2D eigenvalue weighted by Crippen LogP contribution is 2.31. The standard InChI is InChI=1S/C31H33Cl2F2N3O3/c1-2-41-31(40)28-19-37(20-29(39)36-30-26(32)6-3-7-27(30)33)17-18-38(28)16-4-5-25(21-8-12-23(34)13-9-21)22-10-14-24(35)15-11-22/h3,6-15,25,28H,2,4-5,16-20H2,1H3,(H,36,39). The van der Waals surface area contributed by atoms with Crippen molar-refractivity contribution in [1.29, 1.82) is 0 Å². The molecule has 218 valence electrons. The van der Waals surface area contributed by atoms with Gasteiger partial charge >= 0.3 is 5.97 Å². The third kappa shape index (κ3) is 8.49. The zero-order valence-corrected chi connectivity index (χ0v) is 24.3. The Morgan fingerprint density at radius 3 is 2.10 bits per heavy atom. The van der Waals surface area contributed by atoms with Gasteiger partial charge in [0.2, 0.25) is 5.91 Å². The average molecular weight is 605 g/mol. The van der Waals surface area contributed by atoms with Crippen molar-refractivity contribution in [3.63, 3.8) is 0 Å². The predicted molar refractivity (Wildman–Crippen MR) is 157 cm³/mol. The Morgan fingerprint density at radius 2 is 1.54 bits per heavy atom. The van der Waals surface area contributed by atoms with Gasteiger partial charge in [-0.1, -0.05) is 53.5 Å². The summed E-state index contributed by atoms with van der Waals surface area (Å²) in [4.78, 5) is 29.7. The molecule has 3 aromatic rings. The number of nitrogens with one attached hydrogen (secondary N) is 1. The van der Waals surface area contributed by atoms with Crippen LogP contribution in [0, 0.1) is 11.6 Å². The molecule has 1 heterocycles. The Morgan fingerprint density at radius 1 is 0.951 bits per heavy atom. The van der Waals surface area contributed by atoms with Crippen molar-refractivity contribution >= 4 is 40.8 Å². The van der Waals surface area contributed by atoms with Crippen molar-refractivity contribution in [3.8, 4) is 0 Å². The number of para-hydroxylation sites is 1. The molecule has 1 unspecified atom stereocenters. The summed E-state index contributed by atoms with van der Waals surface area (Å²) in [7, 11) is 0. The lowest BCUT2D eigenvalue weighted by atomic mass is 9.87. The van der Waals surface area contributed by atoms with Gasteiger partial charge in [0.25, 0.3) is 0 Å². The highest BCUT2D eigenvalue weighted by molar-refractivity contribution is 6.39. The van der Waals surface area contributed by atoms with E-state index in [0.717, 1.165) is 17.5 Å². The molecule has 0 radical (unpaired) electrons. The second kappa shape index (κ2) is 14.7. The summed E-state index contributed by atoms with van der Waals surface area (Å²) >= 11 is 12.4. The molecule has 10 heteroatoms. The summed E-state index contributed by atoms with van der Waals surface area (Å²) in [5.41, 5.74) is 2.24. The lowest BCUT2D eigenvalue weighted by molar-refractivity contribution is -0.152. The highest BCUT2D eigenvalue weighted by atomic mass is 35.5. The molecule has 6 nitrogen and oxygen atoms in total. The van der Waals surface area contributed by atoms with Gasteiger partial charge in [0.05, 0.1) is 28.9 Å². The van der Waals surface area contributed by atoms with Gasteiger partial charge in [0, 0.05) is 25.6 Å². The van der Waals surface area contributed by atoms with E-state index in [-0.39, 0.29) is 42.6 Å². The van der Waals surface area contributed by atoms with Crippen LogP contribution in [0.4, 0.5) is 14.5 Å². The third-order valence-electron chi connectivity index (χ3n) is 7.21. The number of ether oxygens (including phenoxy) is 1.